The van der Waals surface area contributed by atoms with Gasteiger partial charge in [-0.25, -0.2) is 0 Å². The molecule has 0 aliphatic carbocycles. The van der Waals surface area contributed by atoms with Crippen LogP contribution in [0.3, 0.4) is 0 Å². The molecule has 6 heteroatoms. The van der Waals surface area contributed by atoms with Gasteiger partial charge in [0, 0.05) is 17.6 Å². The van der Waals surface area contributed by atoms with E-state index in [1.54, 1.807) is 24.0 Å². The summed E-state index contributed by atoms with van der Waals surface area (Å²) in [6.07, 6.45) is 0.477. The minimum atomic E-state index is -0.860. The Kier molecular flexibility index (Phi) is 4.32. The van der Waals surface area contributed by atoms with Crippen molar-refractivity contribution in [2.24, 2.45) is 5.41 Å². The zero-order valence-electron chi connectivity index (χ0n) is 11.1. The van der Waals surface area contributed by atoms with Crippen LogP contribution in [0.25, 0.3) is 0 Å². The molecule has 0 saturated carbocycles. The van der Waals surface area contributed by atoms with Gasteiger partial charge in [-0.05, 0) is 31.5 Å². The van der Waals surface area contributed by atoms with E-state index < -0.39 is 11.4 Å². The molecule has 1 heterocycles. The van der Waals surface area contributed by atoms with E-state index >= 15 is 0 Å². The van der Waals surface area contributed by atoms with Gasteiger partial charge in [-0.2, -0.15) is 0 Å². The first-order chi connectivity index (χ1) is 9.40. The van der Waals surface area contributed by atoms with Gasteiger partial charge >= 0.3 is 5.97 Å². The molecule has 0 aromatic heterocycles. The molecule has 108 valence electrons. The summed E-state index contributed by atoms with van der Waals surface area (Å²) in [6.45, 7) is 2.29. The standard InChI is InChI=1S/C14H16BrNO4/c1-14(13(18)19)5-6-16(9-14)12(17)8-20-11-4-2-3-10(15)7-11/h2-4,7H,5-6,8-9H2,1H3,(H,18,19)/t14-/m1/s1. The zero-order valence-corrected chi connectivity index (χ0v) is 12.7. The van der Waals surface area contributed by atoms with Crippen molar-refractivity contribution in [1.82, 2.24) is 4.90 Å². The fourth-order valence-corrected chi connectivity index (χ4v) is 2.52. The third-order valence-electron chi connectivity index (χ3n) is 3.50. The second-order valence-electron chi connectivity index (χ2n) is 5.18. The SMILES string of the molecule is C[C@@]1(C(=O)O)CCN(C(=O)COc2cccc(Br)c2)C1. The maximum Gasteiger partial charge on any atom is 0.311 e. The molecule has 1 N–H and O–H groups in total. The first-order valence-corrected chi connectivity index (χ1v) is 7.09. The Balaban J connectivity index is 1.89. The van der Waals surface area contributed by atoms with Crippen LogP contribution in [0.1, 0.15) is 13.3 Å². The van der Waals surface area contributed by atoms with Crippen molar-refractivity contribution in [1.29, 1.82) is 0 Å². The number of carbonyl (C=O) groups excluding carboxylic acids is 1. The number of nitrogens with zero attached hydrogens (tertiary/aromatic N) is 1. The lowest BCUT2D eigenvalue weighted by atomic mass is 9.90. The summed E-state index contributed by atoms with van der Waals surface area (Å²) in [4.78, 5) is 24.7. The van der Waals surface area contributed by atoms with Crippen LogP contribution in [0.5, 0.6) is 5.75 Å². The van der Waals surface area contributed by atoms with E-state index in [1.807, 2.05) is 12.1 Å². The fraction of sp³-hybridized carbons (Fsp3) is 0.429. The van der Waals surface area contributed by atoms with E-state index in [0.29, 0.717) is 18.7 Å². The molecule has 0 radical (unpaired) electrons. The van der Waals surface area contributed by atoms with Gasteiger partial charge in [0.25, 0.3) is 5.91 Å². The van der Waals surface area contributed by atoms with Crippen LogP contribution in [0.2, 0.25) is 0 Å². The molecule has 1 aromatic carbocycles. The third-order valence-corrected chi connectivity index (χ3v) is 3.99. The monoisotopic (exact) mass is 341 g/mol. The smallest absolute Gasteiger partial charge is 0.311 e. The Morgan fingerprint density at radius 2 is 2.25 bits per heavy atom. The summed E-state index contributed by atoms with van der Waals surface area (Å²) in [6, 6.07) is 7.23. The summed E-state index contributed by atoms with van der Waals surface area (Å²) in [5.41, 5.74) is -0.842. The van der Waals surface area contributed by atoms with Crippen LogP contribution < -0.4 is 4.74 Å². The number of benzene rings is 1. The minimum Gasteiger partial charge on any atom is -0.484 e. The van der Waals surface area contributed by atoms with Crippen molar-refractivity contribution in [3.05, 3.63) is 28.7 Å². The number of hydrogen-bond donors (Lipinski definition) is 1. The number of halogens is 1. The first kappa shape index (κ1) is 14.8. The topological polar surface area (TPSA) is 66.8 Å². The van der Waals surface area contributed by atoms with Crippen molar-refractivity contribution in [2.75, 3.05) is 19.7 Å². The number of likely N-dealkylation sites (tertiary alicyclic amines) is 1. The van der Waals surface area contributed by atoms with E-state index in [0.717, 1.165) is 4.47 Å². The summed E-state index contributed by atoms with van der Waals surface area (Å²) in [7, 11) is 0. The highest BCUT2D eigenvalue weighted by Gasteiger charge is 2.42. The molecular formula is C14H16BrNO4. The average Bonchev–Trinajstić information content (AvgIpc) is 2.80. The highest BCUT2D eigenvalue weighted by molar-refractivity contribution is 9.10. The van der Waals surface area contributed by atoms with Gasteiger partial charge in [0.2, 0.25) is 0 Å². The van der Waals surface area contributed by atoms with Crippen LogP contribution >= 0.6 is 15.9 Å². The van der Waals surface area contributed by atoms with Crippen LogP contribution in [0.4, 0.5) is 0 Å². The quantitative estimate of drug-likeness (QED) is 0.911. The van der Waals surface area contributed by atoms with Gasteiger partial charge in [0.1, 0.15) is 5.75 Å². The van der Waals surface area contributed by atoms with Gasteiger partial charge < -0.3 is 14.7 Å². The number of carboxylic acid groups (broad SMARTS) is 1. The first-order valence-electron chi connectivity index (χ1n) is 6.30. The summed E-state index contributed by atoms with van der Waals surface area (Å²) in [5, 5.41) is 9.14. The van der Waals surface area contributed by atoms with Crippen molar-refractivity contribution < 1.29 is 19.4 Å². The summed E-state index contributed by atoms with van der Waals surface area (Å²) >= 11 is 3.33. The number of carbonyl (C=O) groups is 2. The second kappa shape index (κ2) is 5.83. The number of carboxylic acids is 1. The molecule has 1 atom stereocenters. The minimum absolute atomic E-state index is 0.0772. The molecule has 5 nitrogen and oxygen atoms in total. The van der Waals surface area contributed by atoms with E-state index in [9.17, 15) is 9.59 Å². The van der Waals surface area contributed by atoms with E-state index in [1.165, 1.54) is 0 Å². The number of amides is 1. The lowest BCUT2D eigenvalue weighted by Gasteiger charge is -2.20. The van der Waals surface area contributed by atoms with Gasteiger partial charge in [-0.3, -0.25) is 9.59 Å². The molecule has 0 bridgehead atoms. The van der Waals surface area contributed by atoms with Crippen molar-refractivity contribution in [3.8, 4) is 5.75 Å². The van der Waals surface area contributed by atoms with Crippen LogP contribution in [0.15, 0.2) is 28.7 Å². The number of hydrogen-bond acceptors (Lipinski definition) is 3. The highest BCUT2D eigenvalue weighted by Crippen LogP contribution is 2.30. The van der Waals surface area contributed by atoms with Crippen LogP contribution in [-0.4, -0.2) is 41.6 Å². The van der Waals surface area contributed by atoms with E-state index in [4.69, 9.17) is 9.84 Å². The lowest BCUT2D eigenvalue weighted by molar-refractivity contribution is -0.147. The Morgan fingerprint density at radius 1 is 1.50 bits per heavy atom. The normalized spacial score (nSPS) is 21.8. The number of ether oxygens (including phenoxy) is 1. The largest absolute Gasteiger partial charge is 0.484 e. The van der Waals surface area contributed by atoms with Gasteiger partial charge in [-0.1, -0.05) is 22.0 Å². The molecular weight excluding hydrogens is 326 g/mol. The molecule has 1 aliphatic heterocycles. The molecule has 0 unspecified atom stereocenters. The Morgan fingerprint density at radius 3 is 2.85 bits per heavy atom. The van der Waals surface area contributed by atoms with Gasteiger partial charge in [0.15, 0.2) is 6.61 Å². The number of rotatable bonds is 4. The van der Waals surface area contributed by atoms with Crippen molar-refractivity contribution in [2.45, 2.75) is 13.3 Å². The Hall–Kier alpha value is -1.56. The molecule has 1 amide bonds. The Bertz CT molecular complexity index is 534. The van der Waals surface area contributed by atoms with Crippen molar-refractivity contribution >= 4 is 27.8 Å². The van der Waals surface area contributed by atoms with E-state index in [-0.39, 0.29) is 19.1 Å². The van der Waals surface area contributed by atoms with Crippen molar-refractivity contribution in [3.63, 3.8) is 0 Å². The predicted molar refractivity (Wildman–Crippen MR) is 76.6 cm³/mol. The molecule has 1 aliphatic rings. The molecule has 1 aromatic rings. The molecule has 0 spiro atoms. The van der Waals surface area contributed by atoms with Gasteiger partial charge in [-0.15, -0.1) is 0 Å². The fourth-order valence-electron chi connectivity index (χ4n) is 2.14. The predicted octanol–water partition coefficient (Wildman–Crippen LogP) is 2.15. The lowest BCUT2D eigenvalue weighted by Crippen LogP contribution is -2.37. The third kappa shape index (κ3) is 3.30. The van der Waals surface area contributed by atoms with Gasteiger partial charge in [0.05, 0.1) is 5.41 Å². The van der Waals surface area contributed by atoms with E-state index in [2.05, 4.69) is 15.9 Å². The second-order valence-corrected chi connectivity index (χ2v) is 6.09. The molecule has 20 heavy (non-hydrogen) atoms. The molecule has 1 fully saturated rings. The molecule has 2 rings (SSSR count). The van der Waals surface area contributed by atoms with Crippen LogP contribution in [-0.2, 0) is 9.59 Å². The summed E-state index contributed by atoms with van der Waals surface area (Å²) in [5.74, 6) is -0.441. The highest BCUT2D eigenvalue weighted by atomic mass is 79.9. The zero-order chi connectivity index (χ0) is 14.8. The maximum absolute atomic E-state index is 12.0. The Labute approximate surface area is 125 Å². The maximum atomic E-state index is 12.0. The summed E-state index contributed by atoms with van der Waals surface area (Å²) < 4.78 is 6.30. The number of aliphatic carboxylic acids is 1. The van der Waals surface area contributed by atoms with Crippen LogP contribution in [0, 0.1) is 5.41 Å². The average molecular weight is 342 g/mol. The molecule has 1 saturated heterocycles.